The van der Waals surface area contributed by atoms with E-state index in [4.69, 9.17) is 40.4 Å². The van der Waals surface area contributed by atoms with Gasteiger partial charge in [-0.1, -0.05) is 30.3 Å². The number of aliphatic hydroxyl groups is 3. The summed E-state index contributed by atoms with van der Waals surface area (Å²) in [5.41, 5.74) is -0.632. The number of hydrogen-bond donors (Lipinski definition) is 8. The van der Waals surface area contributed by atoms with Crippen LogP contribution in [-0.4, -0.2) is 130 Å². The van der Waals surface area contributed by atoms with Crippen molar-refractivity contribution in [2.24, 2.45) is 11.8 Å². The summed E-state index contributed by atoms with van der Waals surface area (Å²) in [6.07, 6.45) is -5.09. The molecule has 2 aliphatic heterocycles. The molecule has 0 aliphatic carbocycles. The molecule has 20 nitrogen and oxygen atoms in total. The van der Waals surface area contributed by atoms with E-state index in [0.29, 0.717) is 43.9 Å². The monoisotopic (exact) mass is 845 g/mol. The average Bonchev–Trinajstić information content (AvgIpc) is 3.50. The number of nitrogens with one attached hydrogen (secondary N) is 4. The first kappa shape index (κ1) is 45.9. The smallest absolute Gasteiger partial charge is 0.432 e. The highest BCUT2D eigenvalue weighted by molar-refractivity contribution is 7.80. The molecule has 1 amide bonds. The highest BCUT2D eigenvalue weighted by Crippen LogP contribution is 2.51. The van der Waals surface area contributed by atoms with Crippen LogP contribution in [-0.2, 0) is 44.2 Å². The van der Waals surface area contributed by atoms with Crippen molar-refractivity contribution < 1.29 is 62.6 Å². The summed E-state index contributed by atoms with van der Waals surface area (Å²) >= 11 is 5.42. The molecular formula is C35H52N5O15PS. The molecule has 0 spiro atoms. The van der Waals surface area contributed by atoms with Gasteiger partial charge in [-0.2, -0.15) is 0 Å². The minimum Gasteiger partial charge on any atom is -0.432 e. The van der Waals surface area contributed by atoms with Crippen LogP contribution in [0, 0.1) is 11.8 Å². The highest BCUT2D eigenvalue weighted by Gasteiger charge is 2.49. The zero-order chi connectivity index (χ0) is 41.5. The Hall–Kier alpha value is -3.76. The Labute approximate surface area is 333 Å². The van der Waals surface area contributed by atoms with E-state index < -0.39 is 92.3 Å². The van der Waals surface area contributed by atoms with Gasteiger partial charge in [0.2, 0.25) is 5.91 Å². The summed E-state index contributed by atoms with van der Waals surface area (Å²) in [5, 5.41) is 39.1. The zero-order valence-electron chi connectivity index (χ0n) is 31.6. The van der Waals surface area contributed by atoms with Crippen molar-refractivity contribution in [1.82, 2.24) is 25.5 Å². The predicted molar refractivity (Wildman–Crippen MR) is 205 cm³/mol. The number of aromatic nitrogens is 2. The number of amides is 1. The molecule has 2 unspecified atom stereocenters. The number of nitrogens with zero attached hydrogens (tertiary/aromatic N) is 1. The quantitative estimate of drug-likeness (QED) is 0.0372. The molecule has 3 heterocycles. The van der Waals surface area contributed by atoms with Gasteiger partial charge in [0.15, 0.2) is 11.4 Å². The number of carbonyl (C=O) groups excluding carboxylic acids is 2. The molecule has 2 aliphatic rings. The second-order valence-corrected chi connectivity index (χ2v) is 16.0. The zero-order valence-corrected chi connectivity index (χ0v) is 33.3. The Morgan fingerprint density at radius 1 is 0.982 bits per heavy atom. The largest absolute Gasteiger partial charge is 0.508 e. The summed E-state index contributed by atoms with van der Waals surface area (Å²) in [6, 6.07) is 9.08. The van der Waals surface area contributed by atoms with Gasteiger partial charge in [0.05, 0.1) is 18.9 Å². The second kappa shape index (κ2) is 22.4. The Bertz CT molecular complexity index is 1770. The molecule has 0 radical (unpaired) electrons. The summed E-state index contributed by atoms with van der Waals surface area (Å²) in [5.74, 6) is -1.78. The van der Waals surface area contributed by atoms with Crippen LogP contribution in [0.4, 0.5) is 4.79 Å². The SMILES string of the molecule is COP(=O)(O)CC1[C@@H](COC(=O)OCc2ccccc2)O[C@@H](n2ccc(=O)[nH]c2=O)[C@H]1CCCNC(=S)NCCCCO[C@@H]1O[C@H](CO)[C@H](O)[C@H](O)[C@H]1NC(C)=O. The number of rotatable bonds is 20. The molecule has 0 bridgehead atoms. The van der Waals surface area contributed by atoms with Crippen LogP contribution in [0.2, 0.25) is 0 Å². The van der Waals surface area contributed by atoms with E-state index >= 15 is 0 Å². The Kier molecular flexibility index (Phi) is 18.1. The van der Waals surface area contributed by atoms with Gasteiger partial charge in [0, 0.05) is 57.8 Å². The molecule has 0 saturated carbocycles. The molecule has 2 saturated heterocycles. The van der Waals surface area contributed by atoms with Crippen LogP contribution < -0.4 is 27.2 Å². The molecular weight excluding hydrogens is 793 g/mol. The van der Waals surface area contributed by atoms with Crippen LogP contribution in [0.1, 0.15) is 44.4 Å². The number of aromatic amines is 1. The minimum absolute atomic E-state index is 0.0394. The van der Waals surface area contributed by atoms with E-state index in [1.807, 2.05) is 6.07 Å². The first-order valence-corrected chi connectivity index (χ1v) is 20.6. The summed E-state index contributed by atoms with van der Waals surface area (Å²) < 4.78 is 47.0. The number of aliphatic hydroxyl groups excluding tert-OH is 3. The molecule has 1 aromatic heterocycles. The first-order chi connectivity index (χ1) is 27.2. The van der Waals surface area contributed by atoms with Gasteiger partial charge in [-0.15, -0.1) is 0 Å². The van der Waals surface area contributed by atoms with Crippen LogP contribution in [0.25, 0.3) is 0 Å². The standard InChI is InChI=1S/C35H52N5O15PS/c1-21(42)38-28-30(45)29(44)25(17-41)55-32(28)51-16-7-6-13-36-33(57)37-14-8-11-23-24(20-56(48,49)50-2)26(54-31(23)40-15-12-27(43)39-34(40)46)19-53-35(47)52-18-22-9-4-3-5-10-22/h3-5,9-10,12,15,23-26,28-32,41,44-45H,6-8,11,13-14,16-20H2,1-2H3,(H,38,42)(H,48,49)(H2,36,37,57)(H,39,43,46)/t23-,24?,25+,26+,28+,29-,30+,31+,32+/m0/s1. The van der Waals surface area contributed by atoms with Crippen molar-refractivity contribution in [3.05, 3.63) is 69.0 Å². The number of unbranched alkanes of at least 4 members (excludes halogenated alkanes) is 1. The van der Waals surface area contributed by atoms with Gasteiger partial charge >= 0.3 is 19.4 Å². The maximum absolute atomic E-state index is 12.9. The van der Waals surface area contributed by atoms with Crippen LogP contribution in [0.5, 0.6) is 0 Å². The van der Waals surface area contributed by atoms with Crippen LogP contribution in [0.3, 0.4) is 0 Å². The topological polar surface area (TPSA) is 278 Å². The third kappa shape index (κ3) is 13.9. The molecule has 2 fully saturated rings. The molecule has 10 atom stereocenters. The molecule has 2 aromatic rings. The summed E-state index contributed by atoms with van der Waals surface area (Å²) in [4.78, 5) is 61.6. The fourth-order valence-corrected chi connectivity index (χ4v) is 8.02. The number of benzene rings is 1. The third-order valence-corrected chi connectivity index (χ3v) is 11.3. The van der Waals surface area contributed by atoms with Crippen LogP contribution in [0.15, 0.2) is 52.2 Å². The molecule has 57 heavy (non-hydrogen) atoms. The maximum Gasteiger partial charge on any atom is 0.508 e. The number of carbonyl (C=O) groups is 2. The van der Waals surface area contributed by atoms with E-state index in [1.54, 1.807) is 24.3 Å². The Morgan fingerprint density at radius 3 is 2.37 bits per heavy atom. The Balaban J connectivity index is 1.29. The van der Waals surface area contributed by atoms with Gasteiger partial charge < -0.3 is 64.4 Å². The average molecular weight is 846 g/mol. The van der Waals surface area contributed by atoms with Crippen molar-refractivity contribution in [1.29, 1.82) is 0 Å². The molecule has 8 N–H and O–H groups in total. The second-order valence-electron chi connectivity index (χ2n) is 13.6. The van der Waals surface area contributed by atoms with Gasteiger partial charge in [0.25, 0.3) is 5.56 Å². The highest BCUT2D eigenvalue weighted by atomic mass is 32.1. The van der Waals surface area contributed by atoms with Crippen molar-refractivity contribution in [2.75, 3.05) is 46.2 Å². The maximum atomic E-state index is 12.9. The normalized spacial score (nSPS) is 26.9. The van der Waals surface area contributed by atoms with E-state index in [0.717, 1.165) is 18.7 Å². The Morgan fingerprint density at radius 2 is 1.70 bits per heavy atom. The van der Waals surface area contributed by atoms with E-state index in [1.165, 1.54) is 17.7 Å². The summed E-state index contributed by atoms with van der Waals surface area (Å²) in [7, 11) is -3.04. The van der Waals surface area contributed by atoms with Crippen molar-refractivity contribution >= 4 is 37.0 Å². The first-order valence-electron chi connectivity index (χ1n) is 18.4. The summed E-state index contributed by atoms with van der Waals surface area (Å²) in [6.45, 7) is 1.31. The van der Waals surface area contributed by atoms with Crippen molar-refractivity contribution in [2.45, 2.75) is 82.2 Å². The fourth-order valence-electron chi connectivity index (χ4n) is 6.63. The molecule has 4 rings (SSSR count). The van der Waals surface area contributed by atoms with E-state index in [-0.39, 0.29) is 26.0 Å². The third-order valence-electron chi connectivity index (χ3n) is 9.51. The van der Waals surface area contributed by atoms with Gasteiger partial charge in [0.1, 0.15) is 43.8 Å². The number of H-pyrrole nitrogens is 1. The fraction of sp³-hybridized carbons (Fsp3) is 0.629. The molecule has 1 aromatic carbocycles. The number of thiocarbonyl (C=S) groups is 1. The molecule has 318 valence electrons. The van der Waals surface area contributed by atoms with E-state index in [9.17, 15) is 44.0 Å². The molecule has 22 heteroatoms. The lowest BCUT2D eigenvalue weighted by molar-refractivity contribution is -0.270. The van der Waals surface area contributed by atoms with Gasteiger partial charge in [-0.25, -0.2) is 9.59 Å². The predicted octanol–water partition coefficient (Wildman–Crippen LogP) is -0.164. The lowest BCUT2D eigenvalue weighted by Gasteiger charge is -2.42. The lowest BCUT2D eigenvalue weighted by Crippen LogP contribution is -2.64. The van der Waals surface area contributed by atoms with Gasteiger partial charge in [-0.3, -0.25) is 23.7 Å². The number of ether oxygens (including phenoxy) is 5. The van der Waals surface area contributed by atoms with Crippen molar-refractivity contribution in [3.8, 4) is 0 Å². The van der Waals surface area contributed by atoms with Crippen molar-refractivity contribution in [3.63, 3.8) is 0 Å². The minimum atomic E-state index is -4.14. The van der Waals surface area contributed by atoms with Gasteiger partial charge in [-0.05, 0) is 43.5 Å². The van der Waals surface area contributed by atoms with E-state index in [2.05, 4.69) is 20.9 Å². The number of hydrogen-bond acceptors (Lipinski definition) is 15. The lowest BCUT2D eigenvalue weighted by atomic mass is 9.87. The van der Waals surface area contributed by atoms with Crippen LogP contribution >= 0.6 is 19.8 Å².